The van der Waals surface area contributed by atoms with E-state index < -0.39 is 6.10 Å². The Hall–Kier alpha value is -1.82. The minimum Gasteiger partial charge on any atom is -0.477 e. The van der Waals surface area contributed by atoms with Crippen molar-refractivity contribution in [2.24, 2.45) is 0 Å². The van der Waals surface area contributed by atoms with Crippen molar-refractivity contribution >= 4 is 29.1 Å². The number of pyridine rings is 1. The van der Waals surface area contributed by atoms with Crippen molar-refractivity contribution in [3.8, 4) is 5.88 Å². The van der Waals surface area contributed by atoms with E-state index in [-0.39, 0.29) is 10.9 Å². The highest BCUT2D eigenvalue weighted by atomic mass is 35.5. The Bertz CT molecular complexity index is 960. The fourth-order valence-electron chi connectivity index (χ4n) is 3.76. The SMILES string of the molecule is CCCCOc1nc(C)cc(C)c1CN1CCc2c(Cl)cc(C(C)O)c(Cl)c2C1=O. The van der Waals surface area contributed by atoms with Crippen LogP contribution in [0.15, 0.2) is 12.1 Å². The van der Waals surface area contributed by atoms with Crippen molar-refractivity contribution in [1.82, 2.24) is 9.88 Å². The minimum atomic E-state index is -0.814. The summed E-state index contributed by atoms with van der Waals surface area (Å²) in [5.74, 6) is 0.395. The number of hydrogen-bond acceptors (Lipinski definition) is 4. The summed E-state index contributed by atoms with van der Waals surface area (Å²) in [5.41, 5.74) is 4.42. The van der Waals surface area contributed by atoms with E-state index in [1.165, 1.54) is 0 Å². The molecule has 1 aliphatic heterocycles. The van der Waals surface area contributed by atoms with Crippen LogP contribution in [0.5, 0.6) is 5.88 Å². The normalized spacial score (nSPS) is 14.6. The van der Waals surface area contributed by atoms with Crippen LogP contribution in [-0.4, -0.2) is 34.0 Å². The van der Waals surface area contributed by atoms with Crippen molar-refractivity contribution in [2.45, 2.75) is 59.6 Å². The van der Waals surface area contributed by atoms with Crippen LogP contribution in [0.25, 0.3) is 0 Å². The van der Waals surface area contributed by atoms with Crippen LogP contribution in [0.3, 0.4) is 0 Å². The third-order valence-corrected chi connectivity index (χ3v) is 6.20. The smallest absolute Gasteiger partial charge is 0.256 e. The summed E-state index contributed by atoms with van der Waals surface area (Å²) in [5, 5.41) is 10.8. The molecule has 2 aromatic rings. The number of rotatable bonds is 7. The maximum Gasteiger partial charge on any atom is 0.256 e. The molecule has 7 heteroatoms. The van der Waals surface area contributed by atoms with E-state index in [2.05, 4.69) is 11.9 Å². The van der Waals surface area contributed by atoms with Crippen molar-refractivity contribution in [3.05, 3.63) is 55.7 Å². The average molecular weight is 451 g/mol. The standard InChI is InChI=1S/C23H28Cl2N2O3/c1-5-6-9-30-22-18(13(2)10-14(3)26-22)12-27-8-7-16-19(24)11-17(15(4)28)21(25)20(16)23(27)29/h10-11,15,28H,5-9,12H2,1-4H3. The number of unbranched alkanes of at least 4 members (excludes halogenated alkanes) is 1. The molecule has 0 radical (unpaired) electrons. The van der Waals surface area contributed by atoms with Gasteiger partial charge in [0.25, 0.3) is 5.91 Å². The highest BCUT2D eigenvalue weighted by Gasteiger charge is 2.31. The lowest BCUT2D eigenvalue weighted by Gasteiger charge is -2.31. The second-order valence-electron chi connectivity index (χ2n) is 7.83. The molecule has 1 atom stereocenters. The Morgan fingerprint density at radius 1 is 1.30 bits per heavy atom. The molecule has 0 saturated heterocycles. The molecular formula is C23H28Cl2N2O3. The first kappa shape index (κ1) is 22.9. The van der Waals surface area contributed by atoms with E-state index in [0.717, 1.165) is 35.2 Å². The van der Waals surface area contributed by atoms with Crippen LogP contribution >= 0.6 is 23.2 Å². The first-order valence-corrected chi connectivity index (χ1v) is 11.1. The van der Waals surface area contributed by atoms with Crippen molar-refractivity contribution < 1.29 is 14.6 Å². The molecule has 0 spiro atoms. The number of aliphatic hydroxyl groups excluding tert-OH is 1. The molecule has 30 heavy (non-hydrogen) atoms. The first-order chi connectivity index (χ1) is 14.2. The Labute approximate surface area is 188 Å². The van der Waals surface area contributed by atoms with Gasteiger partial charge in [-0.15, -0.1) is 0 Å². The zero-order valence-electron chi connectivity index (χ0n) is 17.9. The van der Waals surface area contributed by atoms with Gasteiger partial charge in [0.15, 0.2) is 0 Å². The van der Waals surface area contributed by atoms with E-state index in [0.29, 0.717) is 48.1 Å². The number of hydrogen-bond donors (Lipinski definition) is 1. The van der Waals surface area contributed by atoms with E-state index in [9.17, 15) is 9.90 Å². The van der Waals surface area contributed by atoms with Crippen LogP contribution in [0.1, 0.15) is 71.1 Å². The predicted molar refractivity (Wildman–Crippen MR) is 120 cm³/mol. The summed E-state index contributed by atoms with van der Waals surface area (Å²) < 4.78 is 5.95. The molecule has 0 aliphatic carbocycles. The number of aryl methyl sites for hydroxylation is 2. The average Bonchev–Trinajstić information content (AvgIpc) is 2.68. The number of aromatic nitrogens is 1. The van der Waals surface area contributed by atoms with Crippen molar-refractivity contribution in [1.29, 1.82) is 0 Å². The highest BCUT2D eigenvalue weighted by molar-refractivity contribution is 6.37. The lowest BCUT2D eigenvalue weighted by molar-refractivity contribution is 0.0724. The maximum atomic E-state index is 13.4. The van der Waals surface area contributed by atoms with Gasteiger partial charge in [-0.25, -0.2) is 4.98 Å². The van der Waals surface area contributed by atoms with Gasteiger partial charge in [-0.2, -0.15) is 0 Å². The fourth-order valence-corrected chi connectivity index (χ4v) is 4.47. The van der Waals surface area contributed by atoms with Crippen molar-refractivity contribution in [3.63, 3.8) is 0 Å². The van der Waals surface area contributed by atoms with Crippen molar-refractivity contribution in [2.75, 3.05) is 13.2 Å². The molecule has 1 N–H and O–H groups in total. The summed E-state index contributed by atoms with van der Waals surface area (Å²) in [6.07, 6.45) is 1.77. The van der Waals surface area contributed by atoms with E-state index in [1.54, 1.807) is 17.9 Å². The largest absolute Gasteiger partial charge is 0.477 e. The number of carbonyl (C=O) groups excluding carboxylic acids is 1. The number of benzene rings is 1. The summed E-state index contributed by atoms with van der Waals surface area (Å²) >= 11 is 12.9. The summed E-state index contributed by atoms with van der Waals surface area (Å²) in [6, 6.07) is 3.66. The van der Waals surface area contributed by atoms with Gasteiger partial charge in [-0.3, -0.25) is 4.79 Å². The molecule has 1 aliphatic rings. The molecule has 0 saturated carbocycles. The molecule has 0 bridgehead atoms. The zero-order valence-corrected chi connectivity index (χ0v) is 19.4. The van der Waals surface area contributed by atoms with E-state index >= 15 is 0 Å². The van der Waals surface area contributed by atoms with Gasteiger partial charge in [0.2, 0.25) is 5.88 Å². The zero-order chi connectivity index (χ0) is 22.0. The number of carbonyl (C=O) groups is 1. The Morgan fingerprint density at radius 2 is 2.03 bits per heavy atom. The van der Waals surface area contributed by atoms with Gasteiger partial charge in [0, 0.05) is 28.4 Å². The van der Waals surface area contributed by atoms with Gasteiger partial charge in [-0.05, 0) is 56.9 Å². The Morgan fingerprint density at radius 3 is 2.70 bits per heavy atom. The summed E-state index contributed by atoms with van der Waals surface area (Å²) in [6.45, 7) is 9.16. The summed E-state index contributed by atoms with van der Waals surface area (Å²) in [4.78, 5) is 19.7. The Balaban J connectivity index is 1.95. The van der Waals surface area contributed by atoms with Gasteiger partial charge < -0.3 is 14.7 Å². The number of nitrogens with zero attached hydrogens (tertiary/aromatic N) is 2. The minimum absolute atomic E-state index is 0.190. The molecule has 1 unspecified atom stereocenters. The second kappa shape index (κ2) is 9.54. The molecule has 5 nitrogen and oxygen atoms in total. The quantitative estimate of drug-likeness (QED) is 0.570. The van der Waals surface area contributed by atoms with Crippen LogP contribution in [-0.2, 0) is 13.0 Å². The molecule has 1 amide bonds. The van der Waals surface area contributed by atoms with Crippen LogP contribution < -0.4 is 4.74 Å². The fraction of sp³-hybridized carbons (Fsp3) is 0.478. The molecule has 2 heterocycles. The lowest BCUT2D eigenvalue weighted by atomic mass is 9.94. The van der Waals surface area contributed by atoms with Crippen LogP contribution in [0.2, 0.25) is 10.0 Å². The van der Waals surface area contributed by atoms with E-state index in [1.807, 2.05) is 19.9 Å². The van der Waals surface area contributed by atoms with Crippen LogP contribution in [0, 0.1) is 13.8 Å². The first-order valence-electron chi connectivity index (χ1n) is 10.3. The van der Waals surface area contributed by atoms with Gasteiger partial charge in [0.1, 0.15) is 0 Å². The Kier molecular flexibility index (Phi) is 7.27. The number of fused-ring (bicyclic) bond motifs is 1. The highest BCUT2D eigenvalue weighted by Crippen LogP contribution is 2.38. The van der Waals surface area contributed by atoms with E-state index in [4.69, 9.17) is 27.9 Å². The third-order valence-electron chi connectivity index (χ3n) is 5.45. The lowest BCUT2D eigenvalue weighted by Crippen LogP contribution is -2.38. The summed E-state index contributed by atoms with van der Waals surface area (Å²) in [7, 11) is 0. The number of aliphatic hydroxyl groups is 1. The number of ether oxygens (including phenoxy) is 1. The molecule has 162 valence electrons. The molecule has 0 fully saturated rings. The van der Waals surface area contributed by atoms with Gasteiger partial charge >= 0.3 is 0 Å². The topological polar surface area (TPSA) is 62.7 Å². The second-order valence-corrected chi connectivity index (χ2v) is 8.62. The van der Waals surface area contributed by atoms with Crippen LogP contribution in [0.4, 0.5) is 0 Å². The van der Waals surface area contributed by atoms with Gasteiger partial charge in [0.05, 0.1) is 29.8 Å². The predicted octanol–water partition coefficient (Wildman–Crippen LogP) is 5.44. The molecule has 3 rings (SSSR count). The maximum absolute atomic E-state index is 13.4. The number of amides is 1. The molecule has 1 aromatic heterocycles. The molecular weight excluding hydrogens is 423 g/mol. The third kappa shape index (κ3) is 4.58. The molecule has 1 aromatic carbocycles. The monoisotopic (exact) mass is 450 g/mol. The van der Waals surface area contributed by atoms with Gasteiger partial charge in [-0.1, -0.05) is 36.5 Å². The number of halogens is 2.